The van der Waals surface area contributed by atoms with Crippen LogP contribution in [0.3, 0.4) is 0 Å². The zero-order valence-electron chi connectivity index (χ0n) is 19.5. The van der Waals surface area contributed by atoms with E-state index in [9.17, 15) is 22.4 Å². The van der Waals surface area contributed by atoms with E-state index in [1.165, 1.54) is 73.5 Å². The van der Waals surface area contributed by atoms with Crippen molar-refractivity contribution >= 4 is 50.7 Å². The van der Waals surface area contributed by atoms with E-state index in [0.717, 1.165) is 4.31 Å². The van der Waals surface area contributed by atoms with E-state index in [0.29, 0.717) is 5.56 Å². The number of rotatable bonds is 9. The number of halogens is 3. The Morgan fingerprint density at radius 3 is 2.25 bits per heavy atom. The van der Waals surface area contributed by atoms with Crippen molar-refractivity contribution < 1.29 is 22.4 Å². The van der Waals surface area contributed by atoms with E-state index >= 15 is 0 Å². The molecule has 2 amide bonds. The maximum Gasteiger partial charge on any atom is 0.264 e. The molecule has 1 N–H and O–H groups in total. The van der Waals surface area contributed by atoms with Crippen molar-refractivity contribution in [1.82, 2.24) is 10.2 Å². The molecular weight excluding hydrogens is 528 g/mol. The van der Waals surface area contributed by atoms with Crippen LogP contribution in [0, 0.1) is 5.82 Å². The molecule has 0 radical (unpaired) electrons. The van der Waals surface area contributed by atoms with Gasteiger partial charge in [-0.3, -0.25) is 13.9 Å². The SMILES string of the molecule is CNC(=O)[C@H](C)N(Cc1ccc(F)cc1)C(=O)CN(c1cc(Cl)ccc1Cl)S(=O)(=O)c1ccccc1. The second kappa shape index (κ2) is 11.7. The minimum absolute atomic E-state index is 0.00991. The summed E-state index contributed by atoms with van der Waals surface area (Å²) >= 11 is 12.5. The fourth-order valence-electron chi connectivity index (χ4n) is 3.49. The summed E-state index contributed by atoms with van der Waals surface area (Å²) < 4.78 is 41.6. The molecule has 1 atom stereocenters. The molecule has 7 nitrogen and oxygen atoms in total. The Kier molecular flexibility index (Phi) is 8.94. The Hall–Kier alpha value is -3.14. The van der Waals surface area contributed by atoms with Crippen molar-refractivity contribution in [2.24, 2.45) is 0 Å². The van der Waals surface area contributed by atoms with Crippen LogP contribution in [0.1, 0.15) is 12.5 Å². The second-order valence-corrected chi connectivity index (χ2v) is 10.6. The summed E-state index contributed by atoms with van der Waals surface area (Å²) in [7, 11) is -2.83. The molecule has 0 spiro atoms. The van der Waals surface area contributed by atoms with Crippen LogP contribution in [0.15, 0.2) is 77.7 Å². The molecule has 0 aliphatic carbocycles. The lowest BCUT2D eigenvalue weighted by molar-refractivity contribution is -0.139. The van der Waals surface area contributed by atoms with Gasteiger partial charge < -0.3 is 10.2 Å². The van der Waals surface area contributed by atoms with Crippen molar-refractivity contribution in [2.45, 2.75) is 24.4 Å². The molecule has 0 aliphatic heterocycles. The average Bonchev–Trinajstić information content (AvgIpc) is 2.87. The van der Waals surface area contributed by atoms with Crippen molar-refractivity contribution in [3.05, 3.63) is 94.2 Å². The number of amides is 2. The summed E-state index contributed by atoms with van der Waals surface area (Å²) in [5.74, 6) is -1.58. The molecule has 3 aromatic rings. The Morgan fingerprint density at radius 1 is 1.00 bits per heavy atom. The Labute approximate surface area is 219 Å². The number of carbonyl (C=O) groups excluding carboxylic acids is 2. The van der Waals surface area contributed by atoms with Gasteiger partial charge in [0.1, 0.15) is 18.4 Å². The van der Waals surface area contributed by atoms with Crippen molar-refractivity contribution in [1.29, 1.82) is 0 Å². The molecule has 0 saturated heterocycles. The third-order valence-corrected chi connectivity index (χ3v) is 7.80. The van der Waals surface area contributed by atoms with Gasteiger partial charge in [-0.05, 0) is 55.0 Å². The molecule has 190 valence electrons. The third kappa shape index (κ3) is 6.34. The Morgan fingerprint density at radius 2 is 1.64 bits per heavy atom. The van der Waals surface area contributed by atoms with Gasteiger partial charge in [0.2, 0.25) is 11.8 Å². The topological polar surface area (TPSA) is 86.8 Å². The highest BCUT2D eigenvalue weighted by Gasteiger charge is 2.33. The van der Waals surface area contributed by atoms with Gasteiger partial charge in [-0.25, -0.2) is 12.8 Å². The summed E-state index contributed by atoms with van der Waals surface area (Å²) in [6.07, 6.45) is 0. The fraction of sp³-hybridized carbons (Fsp3) is 0.200. The van der Waals surface area contributed by atoms with Gasteiger partial charge >= 0.3 is 0 Å². The van der Waals surface area contributed by atoms with E-state index in [1.54, 1.807) is 18.2 Å². The average molecular weight is 552 g/mol. The fourth-order valence-corrected chi connectivity index (χ4v) is 5.37. The van der Waals surface area contributed by atoms with Gasteiger partial charge in [-0.1, -0.05) is 53.5 Å². The predicted octanol–water partition coefficient (Wildman–Crippen LogP) is 4.49. The first-order valence-electron chi connectivity index (χ1n) is 10.8. The molecule has 0 aliphatic rings. The largest absolute Gasteiger partial charge is 0.357 e. The quantitative estimate of drug-likeness (QED) is 0.424. The normalized spacial score (nSPS) is 12.0. The predicted molar refractivity (Wildman–Crippen MR) is 138 cm³/mol. The lowest BCUT2D eigenvalue weighted by atomic mass is 10.1. The molecule has 3 aromatic carbocycles. The number of nitrogens with one attached hydrogen (secondary N) is 1. The van der Waals surface area contributed by atoms with Crippen LogP contribution < -0.4 is 9.62 Å². The van der Waals surface area contributed by atoms with Gasteiger partial charge in [-0.15, -0.1) is 0 Å². The molecule has 3 rings (SSSR count). The molecule has 11 heteroatoms. The summed E-state index contributed by atoms with van der Waals surface area (Å²) in [5, 5.41) is 2.77. The molecule has 0 heterocycles. The first-order valence-corrected chi connectivity index (χ1v) is 13.0. The highest BCUT2D eigenvalue weighted by Crippen LogP contribution is 2.33. The minimum Gasteiger partial charge on any atom is -0.357 e. The van der Waals surface area contributed by atoms with Crippen molar-refractivity contribution in [2.75, 3.05) is 17.9 Å². The van der Waals surface area contributed by atoms with Gasteiger partial charge in [-0.2, -0.15) is 0 Å². The molecular formula is C25H24Cl2FN3O4S. The smallest absolute Gasteiger partial charge is 0.264 e. The molecule has 0 fully saturated rings. The third-order valence-electron chi connectivity index (χ3n) is 5.47. The van der Waals surface area contributed by atoms with Gasteiger partial charge in [0.05, 0.1) is 15.6 Å². The molecule has 0 saturated carbocycles. The van der Waals surface area contributed by atoms with Crippen molar-refractivity contribution in [3.63, 3.8) is 0 Å². The van der Waals surface area contributed by atoms with Gasteiger partial charge in [0.25, 0.3) is 10.0 Å². The van der Waals surface area contributed by atoms with E-state index in [4.69, 9.17) is 23.2 Å². The first-order chi connectivity index (χ1) is 17.0. The van der Waals surface area contributed by atoms with Crippen LogP contribution in [0.2, 0.25) is 10.0 Å². The maximum absolute atomic E-state index is 13.6. The molecule has 0 bridgehead atoms. The number of nitrogens with zero attached hydrogens (tertiary/aromatic N) is 2. The summed E-state index contributed by atoms with van der Waals surface area (Å²) in [6, 6.07) is 16.3. The Bertz CT molecular complexity index is 1340. The zero-order chi connectivity index (χ0) is 26.5. The standard InChI is InChI=1S/C25H24Cl2FN3O4S/c1-17(25(33)29-2)30(15-18-8-11-20(28)12-9-18)24(32)16-31(23-14-19(26)10-13-22(23)27)36(34,35)21-6-4-3-5-7-21/h3-14,17H,15-16H2,1-2H3,(H,29,33)/t17-/m0/s1. The second-order valence-electron chi connectivity index (χ2n) is 7.86. The minimum atomic E-state index is -4.26. The van der Waals surface area contributed by atoms with Crippen LogP contribution in [-0.4, -0.2) is 44.8 Å². The van der Waals surface area contributed by atoms with Crippen LogP contribution >= 0.6 is 23.2 Å². The monoisotopic (exact) mass is 551 g/mol. The molecule has 0 aromatic heterocycles. The van der Waals surface area contributed by atoms with E-state index in [-0.39, 0.29) is 27.2 Å². The zero-order valence-corrected chi connectivity index (χ0v) is 21.8. The highest BCUT2D eigenvalue weighted by atomic mass is 35.5. The highest BCUT2D eigenvalue weighted by molar-refractivity contribution is 7.92. The summed E-state index contributed by atoms with van der Waals surface area (Å²) in [5.41, 5.74) is 0.564. The lowest BCUT2D eigenvalue weighted by Crippen LogP contribution is -2.50. The Balaban J connectivity index is 2.06. The number of hydrogen-bond acceptors (Lipinski definition) is 4. The van der Waals surface area contributed by atoms with Crippen LogP contribution in [-0.2, 0) is 26.2 Å². The number of hydrogen-bond donors (Lipinski definition) is 1. The first kappa shape index (κ1) is 27.4. The number of carbonyl (C=O) groups is 2. The van der Waals surface area contributed by atoms with Crippen molar-refractivity contribution in [3.8, 4) is 0 Å². The van der Waals surface area contributed by atoms with Crippen LogP contribution in [0.5, 0.6) is 0 Å². The number of anilines is 1. The maximum atomic E-state index is 13.6. The lowest BCUT2D eigenvalue weighted by Gasteiger charge is -2.32. The van der Waals surface area contributed by atoms with E-state index < -0.39 is 40.2 Å². The van der Waals surface area contributed by atoms with Crippen LogP contribution in [0.25, 0.3) is 0 Å². The summed E-state index contributed by atoms with van der Waals surface area (Å²) in [6.45, 7) is 0.790. The number of likely N-dealkylation sites (N-methyl/N-ethyl adjacent to an activating group) is 1. The van der Waals surface area contributed by atoms with Gasteiger partial charge in [0.15, 0.2) is 0 Å². The molecule has 36 heavy (non-hydrogen) atoms. The summed E-state index contributed by atoms with van der Waals surface area (Å²) in [4.78, 5) is 27.2. The number of benzene rings is 3. The molecule has 0 unspecified atom stereocenters. The van der Waals surface area contributed by atoms with Gasteiger partial charge in [0, 0.05) is 18.6 Å². The van der Waals surface area contributed by atoms with E-state index in [2.05, 4.69) is 5.32 Å². The van der Waals surface area contributed by atoms with E-state index in [1.807, 2.05) is 0 Å². The van der Waals surface area contributed by atoms with Crippen LogP contribution in [0.4, 0.5) is 10.1 Å². The number of sulfonamides is 1.